The summed E-state index contributed by atoms with van der Waals surface area (Å²) in [7, 11) is 0. The molecule has 13 heteroatoms. The van der Waals surface area contributed by atoms with E-state index in [1.165, 1.54) is 36.6 Å². The molecule has 2 aromatic carbocycles. The number of halogens is 3. The molecule has 0 aliphatic carbocycles. The second-order valence-corrected chi connectivity index (χ2v) is 9.82. The zero-order valence-corrected chi connectivity index (χ0v) is 22.6. The first-order valence-corrected chi connectivity index (χ1v) is 12.9. The minimum absolute atomic E-state index is 0.0533. The van der Waals surface area contributed by atoms with Crippen LogP contribution >= 0.6 is 0 Å². The normalized spacial score (nSPS) is 14.1. The fourth-order valence-electron chi connectivity index (χ4n) is 4.44. The van der Waals surface area contributed by atoms with Gasteiger partial charge in [0.2, 0.25) is 11.9 Å². The maximum atomic E-state index is 13.6. The number of rotatable bonds is 8. The van der Waals surface area contributed by atoms with E-state index in [1.807, 2.05) is 0 Å². The summed E-state index contributed by atoms with van der Waals surface area (Å²) in [5.41, 5.74) is 7.86. The standard InChI is InChI=1S/C28H31F3N8O2/c1-17-5-6-20(11-25(17)39(33)16-24(32)21-13-34-27(35-14-21)36-18(2)40)26(41)37-23-10-19(15-38-7-3-4-8-38)9-22(12-23)28(29,30)31/h5-6,9-14,16H,3-4,7-8,15,32-33H2,1-2H3,(H,37,41)(H,34,35,36,40)/b24-16-. The van der Waals surface area contributed by atoms with E-state index in [0.29, 0.717) is 23.4 Å². The van der Waals surface area contributed by atoms with E-state index < -0.39 is 17.6 Å². The third kappa shape index (κ3) is 7.80. The molecule has 3 aromatic rings. The Morgan fingerprint density at radius 3 is 2.37 bits per heavy atom. The molecule has 10 nitrogen and oxygen atoms in total. The van der Waals surface area contributed by atoms with Crippen LogP contribution in [0.25, 0.3) is 5.70 Å². The summed E-state index contributed by atoms with van der Waals surface area (Å²) < 4.78 is 40.9. The number of aromatic nitrogens is 2. The molecule has 0 radical (unpaired) electrons. The number of benzene rings is 2. The van der Waals surface area contributed by atoms with Gasteiger partial charge in [0.15, 0.2) is 0 Å². The van der Waals surface area contributed by atoms with E-state index in [4.69, 9.17) is 11.6 Å². The number of nitrogens with zero attached hydrogens (tertiary/aromatic N) is 4. The van der Waals surface area contributed by atoms with Crippen molar-refractivity contribution in [2.24, 2.45) is 11.6 Å². The summed E-state index contributed by atoms with van der Waals surface area (Å²) in [5.74, 6) is 5.45. The van der Waals surface area contributed by atoms with Crippen molar-refractivity contribution in [3.63, 3.8) is 0 Å². The van der Waals surface area contributed by atoms with Gasteiger partial charge in [-0.3, -0.25) is 24.8 Å². The number of carbonyl (C=O) groups is 2. The highest BCUT2D eigenvalue weighted by molar-refractivity contribution is 6.05. The maximum Gasteiger partial charge on any atom is 0.416 e. The second kappa shape index (κ2) is 12.4. The van der Waals surface area contributed by atoms with Crippen molar-refractivity contribution in [1.29, 1.82) is 0 Å². The number of hydrazine groups is 1. The molecule has 2 amide bonds. The minimum Gasteiger partial charge on any atom is -0.397 e. The molecule has 0 saturated carbocycles. The number of nitrogens with two attached hydrogens (primary N) is 2. The van der Waals surface area contributed by atoms with Crippen LogP contribution in [0.1, 0.15) is 52.4 Å². The molecule has 2 heterocycles. The lowest BCUT2D eigenvalue weighted by Crippen LogP contribution is -2.27. The number of likely N-dealkylation sites (tertiary alicyclic amines) is 1. The number of hydrogen-bond donors (Lipinski definition) is 4. The van der Waals surface area contributed by atoms with Gasteiger partial charge in [-0.2, -0.15) is 13.2 Å². The summed E-state index contributed by atoms with van der Waals surface area (Å²) in [6.45, 7) is 5.14. The molecular formula is C28H31F3N8O2. The number of hydrogen-bond acceptors (Lipinski definition) is 8. The van der Waals surface area contributed by atoms with E-state index in [0.717, 1.165) is 43.6 Å². The predicted octanol–water partition coefficient (Wildman–Crippen LogP) is 4.25. The predicted molar refractivity (Wildman–Crippen MR) is 150 cm³/mol. The Balaban J connectivity index is 1.53. The molecule has 1 aliphatic rings. The maximum absolute atomic E-state index is 13.6. The lowest BCUT2D eigenvalue weighted by atomic mass is 10.1. The molecule has 1 aliphatic heterocycles. The zero-order chi connectivity index (χ0) is 29.7. The number of carbonyl (C=O) groups excluding carboxylic acids is 2. The van der Waals surface area contributed by atoms with Crippen molar-refractivity contribution in [2.75, 3.05) is 28.7 Å². The Labute approximate surface area is 235 Å². The van der Waals surface area contributed by atoms with Gasteiger partial charge in [0.25, 0.3) is 5.91 Å². The highest BCUT2D eigenvalue weighted by Gasteiger charge is 2.31. The van der Waals surface area contributed by atoms with Crippen LogP contribution in [-0.4, -0.2) is 39.8 Å². The van der Waals surface area contributed by atoms with Crippen molar-refractivity contribution >= 4 is 34.8 Å². The molecular weight excluding hydrogens is 537 g/mol. The summed E-state index contributed by atoms with van der Waals surface area (Å²) in [6.07, 6.45) is 1.72. The highest BCUT2D eigenvalue weighted by Crippen LogP contribution is 2.33. The number of aryl methyl sites for hydroxylation is 1. The summed E-state index contributed by atoms with van der Waals surface area (Å²) in [5, 5.41) is 6.28. The molecule has 0 atom stereocenters. The third-order valence-electron chi connectivity index (χ3n) is 6.48. The van der Waals surface area contributed by atoms with Crippen molar-refractivity contribution in [3.05, 3.63) is 82.8 Å². The van der Waals surface area contributed by atoms with Gasteiger partial charge in [-0.1, -0.05) is 6.07 Å². The molecule has 0 unspecified atom stereocenters. The van der Waals surface area contributed by atoms with E-state index in [2.05, 4.69) is 25.5 Å². The monoisotopic (exact) mass is 568 g/mol. The average Bonchev–Trinajstić information content (AvgIpc) is 3.41. The van der Waals surface area contributed by atoms with Crippen LogP contribution in [0.3, 0.4) is 0 Å². The quantitative estimate of drug-likeness (QED) is 0.233. The first kappa shape index (κ1) is 29.5. The minimum atomic E-state index is -4.56. The fraction of sp³-hybridized carbons (Fsp3) is 0.286. The van der Waals surface area contributed by atoms with Crippen molar-refractivity contribution < 1.29 is 22.8 Å². The van der Waals surface area contributed by atoms with Gasteiger partial charge >= 0.3 is 6.18 Å². The highest BCUT2D eigenvalue weighted by atomic mass is 19.4. The van der Waals surface area contributed by atoms with Crippen LogP contribution in [0.4, 0.5) is 30.5 Å². The molecule has 0 spiro atoms. The van der Waals surface area contributed by atoms with Gasteiger partial charge < -0.3 is 11.1 Å². The number of amides is 2. The Morgan fingerprint density at radius 1 is 1.05 bits per heavy atom. The molecule has 6 N–H and O–H groups in total. The lowest BCUT2D eigenvalue weighted by Gasteiger charge is -2.19. The second-order valence-electron chi connectivity index (χ2n) is 9.82. The lowest BCUT2D eigenvalue weighted by molar-refractivity contribution is -0.137. The van der Waals surface area contributed by atoms with Crippen LogP contribution in [0.15, 0.2) is 55.0 Å². The Kier molecular flexibility index (Phi) is 8.89. The van der Waals surface area contributed by atoms with E-state index >= 15 is 0 Å². The molecule has 41 heavy (non-hydrogen) atoms. The third-order valence-corrected chi connectivity index (χ3v) is 6.48. The van der Waals surface area contributed by atoms with Crippen LogP contribution in [0, 0.1) is 6.92 Å². The SMILES string of the molecule is CC(=O)Nc1ncc(/C(N)=C/N(N)c2cc(C(=O)Nc3cc(CN4CCCC4)cc(C(F)(F)F)c3)ccc2C)cn1. The number of alkyl halides is 3. The number of nitrogens with one attached hydrogen (secondary N) is 2. The number of anilines is 3. The van der Waals surface area contributed by atoms with Gasteiger partial charge in [-0.05, 0) is 74.3 Å². The van der Waals surface area contributed by atoms with Gasteiger partial charge in [0, 0.05) is 48.9 Å². The Bertz CT molecular complexity index is 1450. The fourth-order valence-corrected chi connectivity index (χ4v) is 4.44. The van der Waals surface area contributed by atoms with Crippen LogP contribution in [0.2, 0.25) is 0 Å². The van der Waals surface area contributed by atoms with Crippen LogP contribution < -0.4 is 27.2 Å². The largest absolute Gasteiger partial charge is 0.416 e. The first-order chi connectivity index (χ1) is 19.4. The first-order valence-electron chi connectivity index (χ1n) is 12.9. The van der Waals surface area contributed by atoms with E-state index in [-0.39, 0.29) is 28.8 Å². The van der Waals surface area contributed by atoms with Gasteiger partial charge in [0.1, 0.15) is 0 Å². The van der Waals surface area contributed by atoms with Crippen molar-refractivity contribution in [3.8, 4) is 0 Å². The summed E-state index contributed by atoms with van der Waals surface area (Å²) in [4.78, 5) is 34.4. The van der Waals surface area contributed by atoms with Gasteiger partial charge in [0.05, 0.1) is 16.9 Å². The van der Waals surface area contributed by atoms with E-state index in [1.54, 1.807) is 25.1 Å². The molecule has 216 valence electrons. The molecule has 1 fully saturated rings. The average molecular weight is 569 g/mol. The van der Waals surface area contributed by atoms with Gasteiger partial charge in [-0.15, -0.1) is 0 Å². The van der Waals surface area contributed by atoms with Crippen molar-refractivity contribution in [1.82, 2.24) is 14.9 Å². The molecule has 0 bridgehead atoms. The summed E-state index contributed by atoms with van der Waals surface area (Å²) in [6, 6.07) is 8.37. The smallest absolute Gasteiger partial charge is 0.397 e. The van der Waals surface area contributed by atoms with Crippen molar-refractivity contribution in [2.45, 2.75) is 39.4 Å². The van der Waals surface area contributed by atoms with E-state index in [9.17, 15) is 22.8 Å². The van der Waals surface area contributed by atoms with Crippen LogP contribution in [-0.2, 0) is 17.5 Å². The topological polar surface area (TPSA) is 142 Å². The Morgan fingerprint density at radius 2 is 1.73 bits per heavy atom. The molecule has 1 saturated heterocycles. The van der Waals surface area contributed by atoms with Gasteiger partial charge in [-0.25, -0.2) is 15.8 Å². The zero-order valence-electron chi connectivity index (χ0n) is 22.6. The summed E-state index contributed by atoms with van der Waals surface area (Å²) >= 11 is 0. The molecule has 4 rings (SSSR count). The Hall–Kier alpha value is -4.49. The van der Waals surface area contributed by atoms with Crippen LogP contribution in [0.5, 0.6) is 0 Å². The molecule has 1 aromatic heterocycles.